The standard InChI is InChI=1S/C14H20FN/c1-10-7-8-11(15)9-13(10)12-5-3-2-4-6-14(12)16/h7-9,12,14H,2-6,16H2,1H3. The molecule has 2 N–H and O–H groups in total. The van der Waals surface area contributed by atoms with Crippen LogP contribution in [0.5, 0.6) is 0 Å². The van der Waals surface area contributed by atoms with Gasteiger partial charge in [-0.1, -0.05) is 25.3 Å². The van der Waals surface area contributed by atoms with E-state index in [1.165, 1.54) is 30.9 Å². The van der Waals surface area contributed by atoms with Crippen LogP contribution >= 0.6 is 0 Å². The van der Waals surface area contributed by atoms with Crippen LogP contribution in [-0.2, 0) is 0 Å². The first-order valence-corrected chi connectivity index (χ1v) is 6.20. The van der Waals surface area contributed by atoms with E-state index in [9.17, 15) is 4.39 Å². The van der Waals surface area contributed by atoms with E-state index >= 15 is 0 Å². The fourth-order valence-corrected chi connectivity index (χ4v) is 2.73. The third-order valence-corrected chi connectivity index (χ3v) is 3.71. The molecule has 1 aromatic carbocycles. The molecule has 1 saturated carbocycles. The van der Waals surface area contributed by atoms with E-state index in [2.05, 4.69) is 0 Å². The lowest BCUT2D eigenvalue weighted by atomic mass is 9.85. The summed E-state index contributed by atoms with van der Waals surface area (Å²) in [6.07, 6.45) is 5.87. The van der Waals surface area contributed by atoms with Crippen molar-refractivity contribution in [2.45, 2.75) is 51.0 Å². The molecular formula is C14H20FN. The number of halogens is 1. The minimum atomic E-state index is -0.142. The Kier molecular flexibility index (Phi) is 3.59. The van der Waals surface area contributed by atoms with Gasteiger partial charge in [0, 0.05) is 6.04 Å². The highest BCUT2D eigenvalue weighted by atomic mass is 19.1. The first kappa shape index (κ1) is 11.6. The highest BCUT2D eigenvalue weighted by Gasteiger charge is 2.23. The van der Waals surface area contributed by atoms with Crippen molar-refractivity contribution < 1.29 is 4.39 Å². The molecule has 0 aliphatic heterocycles. The summed E-state index contributed by atoms with van der Waals surface area (Å²) >= 11 is 0. The van der Waals surface area contributed by atoms with Gasteiger partial charge in [0.15, 0.2) is 0 Å². The van der Waals surface area contributed by atoms with Crippen molar-refractivity contribution in [3.05, 3.63) is 35.1 Å². The molecule has 16 heavy (non-hydrogen) atoms. The molecule has 2 heteroatoms. The molecule has 88 valence electrons. The second-order valence-electron chi connectivity index (χ2n) is 4.91. The van der Waals surface area contributed by atoms with Crippen LogP contribution in [0.3, 0.4) is 0 Å². The second-order valence-corrected chi connectivity index (χ2v) is 4.91. The molecule has 1 nitrogen and oxygen atoms in total. The number of aryl methyl sites for hydroxylation is 1. The maximum Gasteiger partial charge on any atom is 0.123 e. The van der Waals surface area contributed by atoms with E-state index in [4.69, 9.17) is 5.73 Å². The first-order valence-electron chi connectivity index (χ1n) is 6.20. The van der Waals surface area contributed by atoms with Crippen LogP contribution in [0, 0.1) is 12.7 Å². The summed E-state index contributed by atoms with van der Waals surface area (Å²) in [7, 11) is 0. The molecule has 2 atom stereocenters. The Labute approximate surface area is 96.9 Å². The summed E-state index contributed by atoms with van der Waals surface area (Å²) in [4.78, 5) is 0. The Morgan fingerprint density at radius 2 is 1.94 bits per heavy atom. The summed E-state index contributed by atoms with van der Waals surface area (Å²) in [5, 5.41) is 0. The molecule has 0 heterocycles. The van der Waals surface area contributed by atoms with Gasteiger partial charge in [-0.15, -0.1) is 0 Å². The normalized spacial score (nSPS) is 26.4. The van der Waals surface area contributed by atoms with Crippen LogP contribution in [0.1, 0.15) is 49.1 Å². The van der Waals surface area contributed by atoms with E-state index in [1.807, 2.05) is 13.0 Å². The lowest BCUT2D eigenvalue weighted by molar-refractivity contribution is 0.499. The fraction of sp³-hybridized carbons (Fsp3) is 0.571. The zero-order chi connectivity index (χ0) is 11.5. The van der Waals surface area contributed by atoms with E-state index in [1.54, 1.807) is 6.07 Å². The smallest absolute Gasteiger partial charge is 0.123 e. The van der Waals surface area contributed by atoms with Gasteiger partial charge in [0.2, 0.25) is 0 Å². The maximum atomic E-state index is 13.3. The average molecular weight is 221 g/mol. The summed E-state index contributed by atoms with van der Waals surface area (Å²) in [5.41, 5.74) is 8.50. The van der Waals surface area contributed by atoms with Crippen molar-refractivity contribution in [3.63, 3.8) is 0 Å². The largest absolute Gasteiger partial charge is 0.327 e. The first-order chi connectivity index (χ1) is 7.68. The minimum absolute atomic E-state index is 0.142. The van der Waals surface area contributed by atoms with Crippen LogP contribution in [-0.4, -0.2) is 6.04 Å². The molecule has 0 radical (unpaired) electrons. The van der Waals surface area contributed by atoms with Gasteiger partial charge < -0.3 is 5.73 Å². The molecule has 0 spiro atoms. The second kappa shape index (κ2) is 4.96. The van der Waals surface area contributed by atoms with Crippen molar-refractivity contribution in [1.82, 2.24) is 0 Å². The Morgan fingerprint density at radius 1 is 1.19 bits per heavy atom. The number of benzene rings is 1. The molecule has 2 unspecified atom stereocenters. The molecule has 1 aromatic rings. The lowest BCUT2D eigenvalue weighted by Crippen LogP contribution is -2.27. The van der Waals surface area contributed by atoms with Crippen molar-refractivity contribution >= 4 is 0 Å². The van der Waals surface area contributed by atoms with Crippen molar-refractivity contribution in [1.29, 1.82) is 0 Å². The van der Waals surface area contributed by atoms with E-state index in [0.29, 0.717) is 5.92 Å². The summed E-state index contributed by atoms with van der Waals surface area (Å²) in [6, 6.07) is 5.26. The lowest BCUT2D eigenvalue weighted by Gasteiger charge is -2.23. The van der Waals surface area contributed by atoms with Crippen LogP contribution in [0.4, 0.5) is 4.39 Å². The maximum absolute atomic E-state index is 13.3. The number of hydrogen-bond acceptors (Lipinski definition) is 1. The molecule has 0 bridgehead atoms. The third-order valence-electron chi connectivity index (χ3n) is 3.71. The summed E-state index contributed by atoms with van der Waals surface area (Å²) < 4.78 is 13.3. The fourth-order valence-electron chi connectivity index (χ4n) is 2.73. The molecular weight excluding hydrogens is 201 g/mol. The van der Waals surface area contributed by atoms with Gasteiger partial charge in [-0.25, -0.2) is 4.39 Å². The van der Waals surface area contributed by atoms with Crippen molar-refractivity contribution in [3.8, 4) is 0 Å². The third kappa shape index (κ3) is 2.43. The van der Waals surface area contributed by atoms with Crippen molar-refractivity contribution in [2.75, 3.05) is 0 Å². The predicted octanol–water partition coefficient (Wildman–Crippen LogP) is 3.51. The molecule has 2 rings (SSSR count). The van der Waals surface area contributed by atoms with Gasteiger partial charge >= 0.3 is 0 Å². The predicted molar refractivity (Wildman–Crippen MR) is 64.9 cm³/mol. The molecule has 1 aliphatic carbocycles. The van der Waals surface area contributed by atoms with E-state index in [0.717, 1.165) is 18.4 Å². The van der Waals surface area contributed by atoms with Gasteiger partial charge in [0.05, 0.1) is 0 Å². The zero-order valence-electron chi connectivity index (χ0n) is 9.88. The Balaban J connectivity index is 2.29. The Morgan fingerprint density at radius 3 is 2.75 bits per heavy atom. The van der Waals surface area contributed by atoms with E-state index in [-0.39, 0.29) is 11.9 Å². The molecule has 0 aromatic heterocycles. The highest BCUT2D eigenvalue weighted by Crippen LogP contribution is 2.32. The van der Waals surface area contributed by atoms with Crippen LogP contribution in [0.15, 0.2) is 18.2 Å². The average Bonchev–Trinajstić information content (AvgIpc) is 2.47. The quantitative estimate of drug-likeness (QED) is 0.721. The van der Waals surface area contributed by atoms with Gasteiger partial charge in [-0.3, -0.25) is 0 Å². The molecule has 1 fully saturated rings. The Hall–Kier alpha value is -0.890. The number of hydrogen-bond donors (Lipinski definition) is 1. The van der Waals surface area contributed by atoms with E-state index < -0.39 is 0 Å². The molecule has 0 amide bonds. The highest BCUT2D eigenvalue weighted by molar-refractivity contribution is 5.31. The van der Waals surface area contributed by atoms with Crippen LogP contribution in [0.25, 0.3) is 0 Å². The minimum Gasteiger partial charge on any atom is -0.327 e. The van der Waals surface area contributed by atoms with Gasteiger partial charge in [0.25, 0.3) is 0 Å². The van der Waals surface area contributed by atoms with Crippen LogP contribution in [0.2, 0.25) is 0 Å². The number of nitrogens with two attached hydrogens (primary N) is 1. The van der Waals surface area contributed by atoms with Crippen LogP contribution < -0.4 is 5.73 Å². The molecule has 0 saturated heterocycles. The Bertz CT molecular complexity index is 362. The monoisotopic (exact) mass is 221 g/mol. The van der Waals surface area contributed by atoms with Gasteiger partial charge in [-0.05, 0) is 48.9 Å². The van der Waals surface area contributed by atoms with Gasteiger partial charge in [-0.2, -0.15) is 0 Å². The SMILES string of the molecule is Cc1ccc(F)cc1C1CCCCCC1N. The topological polar surface area (TPSA) is 26.0 Å². The summed E-state index contributed by atoms with van der Waals surface area (Å²) in [6.45, 7) is 2.05. The molecule has 1 aliphatic rings. The number of rotatable bonds is 1. The van der Waals surface area contributed by atoms with Gasteiger partial charge in [0.1, 0.15) is 5.82 Å². The van der Waals surface area contributed by atoms with Crippen molar-refractivity contribution in [2.24, 2.45) is 5.73 Å². The zero-order valence-corrected chi connectivity index (χ0v) is 9.88. The summed E-state index contributed by atoms with van der Waals surface area (Å²) in [5.74, 6) is 0.204.